The second kappa shape index (κ2) is 7.75. The Morgan fingerprint density at radius 2 is 2.10 bits per heavy atom. The van der Waals surface area contributed by atoms with Gasteiger partial charge in [-0.05, 0) is 25.1 Å². The zero-order chi connectivity index (χ0) is 16.0. The van der Waals surface area contributed by atoms with Crippen LogP contribution in [0.25, 0.3) is 0 Å². The molecule has 0 fully saturated rings. The van der Waals surface area contributed by atoms with Crippen LogP contribution < -0.4 is 15.8 Å². The van der Waals surface area contributed by atoms with Crippen LogP contribution in [0, 0.1) is 0 Å². The van der Waals surface area contributed by atoms with Crippen molar-refractivity contribution >= 4 is 29.2 Å². The first-order valence-electron chi connectivity index (χ1n) is 5.82. The molecule has 1 aromatic carbocycles. The number of hydrogen-bond acceptors (Lipinski definition) is 5. The predicted octanol–water partition coefficient (Wildman–Crippen LogP) is 1.77. The molecular formula is C12H13ClF2N2O4. The third-order valence-electron chi connectivity index (χ3n) is 2.24. The molecule has 0 aliphatic rings. The van der Waals surface area contributed by atoms with Crippen molar-refractivity contribution in [1.82, 2.24) is 0 Å². The van der Waals surface area contributed by atoms with E-state index in [9.17, 15) is 18.4 Å². The number of carbonyl (C=O) groups is 2. The fourth-order valence-corrected chi connectivity index (χ4v) is 1.55. The van der Waals surface area contributed by atoms with E-state index in [4.69, 9.17) is 17.3 Å². The molecule has 9 heteroatoms. The van der Waals surface area contributed by atoms with Crippen LogP contribution in [0.5, 0.6) is 5.75 Å². The molecule has 6 nitrogen and oxygen atoms in total. The molecule has 1 unspecified atom stereocenters. The highest BCUT2D eigenvalue weighted by molar-refractivity contribution is 6.32. The molecule has 0 aromatic heterocycles. The lowest BCUT2D eigenvalue weighted by Crippen LogP contribution is -2.43. The van der Waals surface area contributed by atoms with Gasteiger partial charge >= 0.3 is 12.6 Å². The average molecular weight is 323 g/mol. The second-order valence-electron chi connectivity index (χ2n) is 3.74. The zero-order valence-electron chi connectivity index (χ0n) is 10.9. The van der Waals surface area contributed by atoms with E-state index in [-0.39, 0.29) is 23.1 Å². The van der Waals surface area contributed by atoms with Gasteiger partial charge in [0.2, 0.25) is 0 Å². The lowest BCUT2D eigenvalue weighted by molar-refractivity contribution is -0.146. The summed E-state index contributed by atoms with van der Waals surface area (Å²) < 4.78 is 32.9. The maximum absolute atomic E-state index is 12.1. The van der Waals surface area contributed by atoms with Gasteiger partial charge in [0.15, 0.2) is 6.04 Å². The summed E-state index contributed by atoms with van der Waals surface area (Å²) in [7, 11) is 0. The van der Waals surface area contributed by atoms with Crippen LogP contribution >= 0.6 is 11.6 Å². The van der Waals surface area contributed by atoms with E-state index >= 15 is 0 Å². The minimum Gasteiger partial charge on any atom is -0.464 e. The van der Waals surface area contributed by atoms with Crippen molar-refractivity contribution < 1.29 is 27.8 Å². The first kappa shape index (κ1) is 17.1. The van der Waals surface area contributed by atoms with E-state index in [1.807, 2.05) is 0 Å². The van der Waals surface area contributed by atoms with Crippen LogP contribution in [0.3, 0.4) is 0 Å². The molecule has 1 aromatic rings. The highest BCUT2D eigenvalue weighted by Crippen LogP contribution is 2.28. The maximum atomic E-state index is 12.1. The van der Waals surface area contributed by atoms with Crippen LogP contribution in [0.1, 0.15) is 6.92 Å². The van der Waals surface area contributed by atoms with Crippen molar-refractivity contribution in [2.45, 2.75) is 19.6 Å². The van der Waals surface area contributed by atoms with Crippen molar-refractivity contribution in [3.8, 4) is 5.75 Å². The first-order chi connectivity index (χ1) is 9.85. The molecule has 1 rings (SSSR count). The van der Waals surface area contributed by atoms with Crippen LogP contribution in [0.15, 0.2) is 18.2 Å². The molecule has 0 aliphatic heterocycles. The molecule has 0 aliphatic carbocycles. The van der Waals surface area contributed by atoms with Gasteiger partial charge in [-0.15, -0.1) is 0 Å². The third-order valence-corrected chi connectivity index (χ3v) is 2.53. The predicted molar refractivity (Wildman–Crippen MR) is 71.3 cm³/mol. The lowest BCUT2D eigenvalue weighted by atomic mass is 10.2. The Bertz CT molecular complexity index is 528. The lowest BCUT2D eigenvalue weighted by Gasteiger charge is -2.12. The van der Waals surface area contributed by atoms with E-state index in [0.29, 0.717) is 0 Å². The summed E-state index contributed by atoms with van der Waals surface area (Å²) in [5, 5.41) is 2.18. The summed E-state index contributed by atoms with van der Waals surface area (Å²) in [6, 6.07) is 2.12. The molecule has 0 saturated heterocycles. The number of ether oxygens (including phenoxy) is 2. The highest BCUT2D eigenvalue weighted by atomic mass is 35.5. The van der Waals surface area contributed by atoms with Crippen molar-refractivity contribution in [3.63, 3.8) is 0 Å². The van der Waals surface area contributed by atoms with Gasteiger partial charge in [-0.1, -0.05) is 11.6 Å². The number of carbonyl (C=O) groups excluding carboxylic acids is 2. The first-order valence-corrected chi connectivity index (χ1v) is 6.20. The number of alkyl halides is 2. The Morgan fingerprint density at radius 3 is 2.62 bits per heavy atom. The fraction of sp³-hybridized carbons (Fsp3) is 0.333. The van der Waals surface area contributed by atoms with Gasteiger partial charge in [-0.25, -0.2) is 4.79 Å². The number of amides is 1. The van der Waals surface area contributed by atoms with Crippen LogP contribution in [-0.2, 0) is 14.3 Å². The SMILES string of the molecule is CCOC(=O)C(N)C(=O)Nc1ccc(OC(F)F)c(Cl)c1. The molecule has 21 heavy (non-hydrogen) atoms. The number of halogens is 3. The number of esters is 1. The average Bonchev–Trinajstić information content (AvgIpc) is 2.40. The summed E-state index contributed by atoms with van der Waals surface area (Å²) in [5.41, 5.74) is 5.56. The molecule has 3 N–H and O–H groups in total. The summed E-state index contributed by atoms with van der Waals surface area (Å²) in [6.45, 7) is -1.35. The number of benzene rings is 1. The Hall–Kier alpha value is -1.93. The van der Waals surface area contributed by atoms with Gasteiger partial charge in [0.05, 0.1) is 11.6 Å². The number of nitrogens with one attached hydrogen (secondary N) is 1. The van der Waals surface area contributed by atoms with Gasteiger partial charge in [-0.2, -0.15) is 8.78 Å². The third kappa shape index (κ3) is 5.16. The number of anilines is 1. The van der Waals surface area contributed by atoms with Gasteiger partial charge in [0, 0.05) is 5.69 Å². The largest absolute Gasteiger partial charge is 0.464 e. The number of nitrogens with two attached hydrogens (primary N) is 1. The second-order valence-corrected chi connectivity index (χ2v) is 4.15. The molecule has 0 bridgehead atoms. The van der Waals surface area contributed by atoms with Crippen LogP contribution in [0.2, 0.25) is 5.02 Å². The Morgan fingerprint density at radius 1 is 1.43 bits per heavy atom. The smallest absolute Gasteiger partial charge is 0.387 e. The molecule has 0 heterocycles. The van der Waals surface area contributed by atoms with E-state index in [2.05, 4.69) is 14.8 Å². The van der Waals surface area contributed by atoms with Gasteiger partial charge in [0.1, 0.15) is 5.75 Å². The van der Waals surface area contributed by atoms with E-state index in [1.54, 1.807) is 6.92 Å². The molecule has 116 valence electrons. The normalized spacial score (nSPS) is 11.9. The van der Waals surface area contributed by atoms with Crippen LogP contribution in [0.4, 0.5) is 14.5 Å². The van der Waals surface area contributed by atoms with Crippen molar-refractivity contribution in [3.05, 3.63) is 23.2 Å². The molecular weight excluding hydrogens is 310 g/mol. The fourth-order valence-electron chi connectivity index (χ4n) is 1.33. The molecule has 0 saturated carbocycles. The zero-order valence-corrected chi connectivity index (χ0v) is 11.7. The molecule has 0 radical (unpaired) electrons. The summed E-state index contributed by atoms with van der Waals surface area (Å²) in [4.78, 5) is 23.0. The monoisotopic (exact) mass is 322 g/mol. The molecule has 1 atom stereocenters. The Kier molecular flexibility index (Phi) is 6.32. The summed E-state index contributed by atoms with van der Waals surface area (Å²) in [6.07, 6.45) is 0. The minimum atomic E-state index is -3.01. The minimum absolute atomic E-state index is 0.0886. The summed E-state index contributed by atoms with van der Waals surface area (Å²) in [5.74, 6) is -1.93. The van der Waals surface area contributed by atoms with Crippen molar-refractivity contribution in [1.29, 1.82) is 0 Å². The topological polar surface area (TPSA) is 90.7 Å². The number of hydrogen-bond donors (Lipinski definition) is 2. The van der Waals surface area contributed by atoms with E-state index < -0.39 is 24.5 Å². The van der Waals surface area contributed by atoms with Gasteiger partial charge in [-0.3, -0.25) is 4.79 Å². The molecule has 1 amide bonds. The van der Waals surface area contributed by atoms with Gasteiger partial charge in [0.25, 0.3) is 5.91 Å². The standard InChI is InChI=1S/C12H13ClF2N2O4/c1-2-20-11(19)9(16)10(18)17-6-3-4-8(7(13)5-6)21-12(14)15/h3-5,9,12H,2,16H2,1H3,(H,17,18). The van der Waals surface area contributed by atoms with Crippen molar-refractivity contribution in [2.75, 3.05) is 11.9 Å². The van der Waals surface area contributed by atoms with Crippen LogP contribution in [-0.4, -0.2) is 31.1 Å². The Balaban J connectivity index is 2.73. The highest BCUT2D eigenvalue weighted by Gasteiger charge is 2.23. The summed E-state index contributed by atoms with van der Waals surface area (Å²) >= 11 is 5.72. The quantitative estimate of drug-likeness (QED) is 0.615. The van der Waals surface area contributed by atoms with Crippen molar-refractivity contribution in [2.24, 2.45) is 5.73 Å². The number of rotatable bonds is 6. The van der Waals surface area contributed by atoms with E-state index in [1.165, 1.54) is 12.1 Å². The van der Waals surface area contributed by atoms with E-state index in [0.717, 1.165) is 6.07 Å². The molecule has 0 spiro atoms. The Labute approximate surface area is 124 Å². The van der Waals surface area contributed by atoms with Gasteiger partial charge < -0.3 is 20.5 Å². The maximum Gasteiger partial charge on any atom is 0.387 e.